The third-order valence-corrected chi connectivity index (χ3v) is 5.89. The first-order valence-electron chi connectivity index (χ1n) is 10.6. The van der Waals surface area contributed by atoms with E-state index in [4.69, 9.17) is 15.7 Å². The Balaban J connectivity index is 1.74. The van der Waals surface area contributed by atoms with E-state index in [0.717, 1.165) is 59.9 Å². The van der Waals surface area contributed by atoms with Gasteiger partial charge in [-0.05, 0) is 31.9 Å². The van der Waals surface area contributed by atoms with Gasteiger partial charge in [-0.3, -0.25) is 4.40 Å². The number of nitriles is 1. The molecule has 3 heterocycles. The number of anilines is 1. The summed E-state index contributed by atoms with van der Waals surface area (Å²) in [5, 5.41) is 9.18. The molecular weight excluding hydrogens is 384 g/mol. The predicted octanol–water partition coefficient (Wildman–Crippen LogP) is 4.17. The first kappa shape index (κ1) is 19.3. The van der Waals surface area contributed by atoms with Gasteiger partial charge in [-0.15, -0.1) is 0 Å². The fraction of sp³-hybridized carbons (Fsp3) is 0.240. The van der Waals surface area contributed by atoms with Gasteiger partial charge < -0.3 is 10.6 Å². The molecule has 6 nitrogen and oxygen atoms in total. The van der Waals surface area contributed by atoms with Crippen LogP contribution in [0.15, 0.2) is 60.9 Å². The summed E-state index contributed by atoms with van der Waals surface area (Å²) in [6.07, 6.45) is 5.90. The van der Waals surface area contributed by atoms with Crippen molar-refractivity contribution in [2.24, 2.45) is 5.73 Å². The Labute approximate surface area is 181 Å². The van der Waals surface area contributed by atoms with Crippen molar-refractivity contribution in [2.75, 3.05) is 18.0 Å². The Morgan fingerprint density at radius 2 is 1.81 bits per heavy atom. The maximum Gasteiger partial charge on any atom is 0.181 e. The SMILES string of the molecule is Cc1ccc(-c2c(-c3ccc(C#N)cc3)nc3c(N4CCC[C@@H](N)C4)nccn23)cc1. The van der Waals surface area contributed by atoms with Crippen LogP contribution in [-0.2, 0) is 0 Å². The molecule has 0 radical (unpaired) electrons. The standard InChI is InChI=1S/C25H24N6/c1-17-4-8-20(9-5-17)23-22(19-10-6-18(15-26)7-11-19)29-25-24(28-12-14-31(23)25)30-13-2-3-21(27)16-30/h4-12,14,21H,2-3,13,16,27H2,1H3/t21-/m1/s1. The van der Waals surface area contributed by atoms with E-state index in [1.807, 2.05) is 36.7 Å². The number of rotatable bonds is 3. The molecule has 0 amide bonds. The maximum absolute atomic E-state index is 9.18. The summed E-state index contributed by atoms with van der Waals surface area (Å²) in [5.41, 5.74) is 12.9. The number of imidazole rings is 1. The molecule has 2 aromatic carbocycles. The van der Waals surface area contributed by atoms with E-state index in [-0.39, 0.29) is 6.04 Å². The van der Waals surface area contributed by atoms with Gasteiger partial charge in [0.15, 0.2) is 11.5 Å². The molecule has 5 rings (SSSR count). The minimum atomic E-state index is 0.153. The number of fused-ring (bicyclic) bond motifs is 1. The zero-order valence-electron chi connectivity index (χ0n) is 17.5. The van der Waals surface area contributed by atoms with Crippen molar-refractivity contribution in [1.82, 2.24) is 14.4 Å². The highest BCUT2D eigenvalue weighted by molar-refractivity contribution is 5.85. The number of benzene rings is 2. The zero-order chi connectivity index (χ0) is 21.4. The minimum Gasteiger partial charge on any atom is -0.352 e. The summed E-state index contributed by atoms with van der Waals surface area (Å²) < 4.78 is 2.13. The van der Waals surface area contributed by atoms with E-state index in [0.29, 0.717) is 5.56 Å². The summed E-state index contributed by atoms with van der Waals surface area (Å²) >= 11 is 0. The number of aryl methyl sites for hydroxylation is 1. The Bertz CT molecular complexity index is 1260. The number of hydrogen-bond donors (Lipinski definition) is 1. The minimum absolute atomic E-state index is 0.153. The van der Waals surface area contributed by atoms with Crippen LogP contribution in [-0.4, -0.2) is 33.5 Å². The van der Waals surface area contributed by atoms with Crippen LogP contribution in [0.4, 0.5) is 5.82 Å². The second-order valence-electron chi connectivity index (χ2n) is 8.16. The first-order valence-corrected chi connectivity index (χ1v) is 10.6. The van der Waals surface area contributed by atoms with E-state index in [1.165, 1.54) is 5.56 Å². The van der Waals surface area contributed by atoms with Gasteiger partial charge in [-0.25, -0.2) is 9.97 Å². The summed E-state index contributed by atoms with van der Waals surface area (Å²) in [6.45, 7) is 3.80. The van der Waals surface area contributed by atoms with Crippen molar-refractivity contribution < 1.29 is 0 Å². The molecule has 1 aliphatic rings. The lowest BCUT2D eigenvalue weighted by Crippen LogP contribution is -2.43. The van der Waals surface area contributed by atoms with Gasteiger partial charge in [0.2, 0.25) is 0 Å². The van der Waals surface area contributed by atoms with Crippen LogP contribution in [0.3, 0.4) is 0 Å². The topological polar surface area (TPSA) is 83.2 Å². The van der Waals surface area contributed by atoms with Crippen LogP contribution in [0.2, 0.25) is 0 Å². The molecule has 1 atom stereocenters. The van der Waals surface area contributed by atoms with Crippen LogP contribution < -0.4 is 10.6 Å². The van der Waals surface area contributed by atoms with Crippen LogP contribution >= 0.6 is 0 Å². The average Bonchev–Trinajstić information content (AvgIpc) is 3.19. The second-order valence-corrected chi connectivity index (χ2v) is 8.16. The van der Waals surface area contributed by atoms with Crippen molar-refractivity contribution >= 4 is 11.5 Å². The molecule has 2 aromatic heterocycles. The largest absolute Gasteiger partial charge is 0.352 e. The third kappa shape index (κ3) is 3.54. The molecule has 0 unspecified atom stereocenters. The molecule has 1 fully saturated rings. The molecule has 0 aliphatic carbocycles. The van der Waals surface area contributed by atoms with Gasteiger partial charge in [0.1, 0.15) is 0 Å². The quantitative estimate of drug-likeness (QED) is 0.550. The zero-order valence-corrected chi connectivity index (χ0v) is 17.5. The second kappa shape index (κ2) is 7.86. The van der Waals surface area contributed by atoms with Crippen molar-refractivity contribution in [1.29, 1.82) is 5.26 Å². The van der Waals surface area contributed by atoms with Gasteiger partial charge in [0.25, 0.3) is 0 Å². The van der Waals surface area contributed by atoms with Crippen molar-refractivity contribution in [3.8, 4) is 28.6 Å². The summed E-state index contributed by atoms with van der Waals surface area (Å²) in [4.78, 5) is 12.0. The molecule has 0 saturated carbocycles. The molecular formula is C25H24N6. The fourth-order valence-corrected chi connectivity index (χ4v) is 4.28. The first-order chi connectivity index (χ1) is 15.1. The Hall–Kier alpha value is -3.69. The van der Waals surface area contributed by atoms with E-state index >= 15 is 0 Å². The van der Waals surface area contributed by atoms with Gasteiger partial charge in [-0.2, -0.15) is 5.26 Å². The van der Waals surface area contributed by atoms with E-state index in [9.17, 15) is 5.26 Å². The molecule has 1 aliphatic heterocycles. The van der Waals surface area contributed by atoms with Crippen LogP contribution in [0.5, 0.6) is 0 Å². The predicted molar refractivity (Wildman–Crippen MR) is 123 cm³/mol. The molecule has 0 spiro atoms. The lowest BCUT2D eigenvalue weighted by molar-refractivity contribution is 0.503. The average molecular weight is 409 g/mol. The van der Waals surface area contributed by atoms with Crippen LogP contribution in [0, 0.1) is 18.3 Å². The molecule has 2 N–H and O–H groups in total. The fourth-order valence-electron chi connectivity index (χ4n) is 4.28. The monoisotopic (exact) mass is 408 g/mol. The lowest BCUT2D eigenvalue weighted by Gasteiger charge is -2.31. The van der Waals surface area contributed by atoms with Crippen LogP contribution in [0.25, 0.3) is 28.2 Å². The lowest BCUT2D eigenvalue weighted by atomic mass is 10.0. The number of hydrogen-bond acceptors (Lipinski definition) is 5. The highest BCUT2D eigenvalue weighted by atomic mass is 15.2. The van der Waals surface area contributed by atoms with Gasteiger partial charge in [-0.1, -0.05) is 42.0 Å². The van der Waals surface area contributed by atoms with E-state index < -0.39 is 0 Å². The Kier molecular flexibility index (Phi) is 4.89. The molecule has 1 saturated heterocycles. The number of aromatic nitrogens is 3. The molecule has 4 aromatic rings. The van der Waals surface area contributed by atoms with Crippen molar-refractivity contribution in [2.45, 2.75) is 25.8 Å². The highest BCUT2D eigenvalue weighted by Gasteiger charge is 2.24. The van der Waals surface area contributed by atoms with E-state index in [1.54, 1.807) is 0 Å². The molecule has 6 heteroatoms. The highest BCUT2D eigenvalue weighted by Crippen LogP contribution is 2.35. The summed E-state index contributed by atoms with van der Waals surface area (Å²) in [6, 6.07) is 18.4. The molecule has 0 bridgehead atoms. The Morgan fingerprint density at radius 1 is 1.06 bits per heavy atom. The van der Waals surface area contributed by atoms with E-state index in [2.05, 4.69) is 46.6 Å². The number of nitrogens with two attached hydrogens (primary N) is 1. The van der Waals surface area contributed by atoms with Crippen molar-refractivity contribution in [3.05, 3.63) is 72.1 Å². The maximum atomic E-state index is 9.18. The normalized spacial score (nSPS) is 16.4. The van der Waals surface area contributed by atoms with Crippen LogP contribution in [0.1, 0.15) is 24.0 Å². The third-order valence-electron chi connectivity index (χ3n) is 5.89. The summed E-state index contributed by atoms with van der Waals surface area (Å²) in [5.74, 6) is 0.867. The molecule has 154 valence electrons. The summed E-state index contributed by atoms with van der Waals surface area (Å²) in [7, 11) is 0. The molecule has 31 heavy (non-hydrogen) atoms. The number of nitrogens with zero attached hydrogens (tertiary/aromatic N) is 5. The van der Waals surface area contributed by atoms with Gasteiger partial charge in [0, 0.05) is 42.7 Å². The smallest absolute Gasteiger partial charge is 0.181 e. The number of piperidine rings is 1. The van der Waals surface area contributed by atoms with Gasteiger partial charge >= 0.3 is 0 Å². The Morgan fingerprint density at radius 3 is 2.52 bits per heavy atom. The van der Waals surface area contributed by atoms with Gasteiger partial charge in [0.05, 0.1) is 23.0 Å². The van der Waals surface area contributed by atoms with Crippen molar-refractivity contribution in [3.63, 3.8) is 0 Å².